The van der Waals surface area contributed by atoms with E-state index in [4.69, 9.17) is 10.2 Å². The van der Waals surface area contributed by atoms with Crippen molar-refractivity contribution in [3.63, 3.8) is 0 Å². The first kappa shape index (κ1) is 10.1. The van der Waals surface area contributed by atoms with Crippen LogP contribution in [0.15, 0.2) is 10.6 Å². The van der Waals surface area contributed by atoms with Crippen molar-refractivity contribution in [3.05, 3.63) is 17.8 Å². The Morgan fingerprint density at radius 2 is 1.76 bits per heavy atom. The minimum absolute atomic E-state index is 0.424. The van der Waals surface area contributed by atoms with Gasteiger partial charge in [0.05, 0.1) is 12.7 Å². The molecule has 4 aliphatic rings. The van der Waals surface area contributed by atoms with Gasteiger partial charge in [0.15, 0.2) is 0 Å². The fourth-order valence-electron chi connectivity index (χ4n) is 4.96. The molecule has 17 heavy (non-hydrogen) atoms. The lowest BCUT2D eigenvalue weighted by Gasteiger charge is -2.53. The molecule has 0 atom stereocenters. The van der Waals surface area contributed by atoms with E-state index in [0.717, 1.165) is 29.4 Å². The van der Waals surface area contributed by atoms with Crippen molar-refractivity contribution in [2.24, 2.45) is 29.4 Å². The molecule has 0 unspecified atom stereocenters. The first-order valence-electron chi connectivity index (χ1n) is 6.98. The van der Waals surface area contributed by atoms with Crippen LogP contribution in [-0.2, 0) is 6.54 Å². The molecule has 0 aliphatic heterocycles. The van der Waals surface area contributed by atoms with E-state index in [1.165, 1.54) is 32.1 Å². The lowest BCUT2D eigenvalue weighted by atomic mass is 9.51. The third kappa shape index (κ3) is 1.48. The highest BCUT2D eigenvalue weighted by Crippen LogP contribution is 2.59. The van der Waals surface area contributed by atoms with Crippen LogP contribution >= 0.6 is 0 Å². The zero-order valence-electron chi connectivity index (χ0n) is 10.1. The van der Waals surface area contributed by atoms with Crippen LogP contribution in [0.1, 0.15) is 49.7 Å². The number of hydrogen-bond acceptors (Lipinski definition) is 3. The molecule has 4 aliphatic carbocycles. The molecule has 4 saturated carbocycles. The fourth-order valence-corrected chi connectivity index (χ4v) is 4.96. The van der Waals surface area contributed by atoms with Crippen molar-refractivity contribution in [2.45, 2.75) is 44.6 Å². The van der Waals surface area contributed by atoms with Crippen molar-refractivity contribution in [2.75, 3.05) is 0 Å². The van der Waals surface area contributed by atoms with E-state index < -0.39 is 0 Å². The van der Waals surface area contributed by atoms with Gasteiger partial charge >= 0.3 is 0 Å². The van der Waals surface area contributed by atoms with Crippen molar-refractivity contribution in [1.82, 2.24) is 4.98 Å². The van der Waals surface area contributed by atoms with E-state index in [-0.39, 0.29) is 0 Å². The lowest BCUT2D eigenvalue weighted by Crippen LogP contribution is -2.43. The van der Waals surface area contributed by atoms with E-state index in [9.17, 15) is 0 Å². The van der Waals surface area contributed by atoms with Crippen LogP contribution in [0.25, 0.3) is 0 Å². The second-order valence-corrected chi connectivity index (χ2v) is 6.32. The first-order valence-corrected chi connectivity index (χ1v) is 6.98. The quantitative estimate of drug-likeness (QED) is 0.853. The average molecular weight is 232 g/mol. The molecule has 5 rings (SSSR count). The van der Waals surface area contributed by atoms with Crippen LogP contribution in [0.3, 0.4) is 0 Å². The number of oxazole rings is 1. The fraction of sp³-hybridized carbons (Fsp3) is 0.786. The number of hydrogen-bond donors (Lipinski definition) is 1. The van der Waals surface area contributed by atoms with Crippen molar-refractivity contribution in [1.29, 1.82) is 0 Å². The molecule has 0 radical (unpaired) electrons. The standard InChI is InChI=1S/C14H20N2O/c15-6-13-16-7-12(17-13)14-10-2-8-1-9(4-10)5-11(14)3-8/h7-11,14H,1-6,15H2. The largest absolute Gasteiger partial charge is 0.444 e. The maximum Gasteiger partial charge on any atom is 0.208 e. The lowest BCUT2D eigenvalue weighted by molar-refractivity contribution is -0.00991. The normalized spacial score (nSPS) is 43.2. The Morgan fingerprint density at radius 3 is 2.29 bits per heavy atom. The molecule has 3 heteroatoms. The van der Waals surface area contributed by atoms with Gasteiger partial charge in [-0.25, -0.2) is 4.98 Å². The topological polar surface area (TPSA) is 52.0 Å². The summed E-state index contributed by atoms with van der Waals surface area (Å²) in [5.41, 5.74) is 5.58. The summed E-state index contributed by atoms with van der Waals surface area (Å²) in [6, 6.07) is 0. The highest BCUT2D eigenvalue weighted by molar-refractivity contribution is 5.13. The number of rotatable bonds is 2. The van der Waals surface area contributed by atoms with Gasteiger partial charge in [0.2, 0.25) is 5.89 Å². The zero-order chi connectivity index (χ0) is 11.4. The van der Waals surface area contributed by atoms with Gasteiger partial charge in [0.25, 0.3) is 0 Å². The molecular formula is C14H20N2O. The third-order valence-corrected chi connectivity index (χ3v) is 5.30. The van der Waals surface area contributed by atoms with Crippen LogP contribution in [0.4, 0.5) is 0 Å². The molecule has 0 saturated heterocycles. The second-order valence-electron chi connectivity index (χ2n) is 6.32. The summed E-state index contributed by atoms with van der Waals surface area (Å²) < 4.78 is 5.82. The number of nitrogens with zero attached hydrogens (tertiary/aromatic N) is 1. The summed E-state index contributed by atoms with van der Waals surface area (Å²) in [6.07, 6.45) is 9.15. The van der Waals surface area contributed by atoms with Gasteiger partial charge in [-0.15, -0.1) is 0 Å². The van der Waals surface area contributed by atoms with Gasteiger partial charge in [-0.05, 0) is 55.8 Å². The van der Waals surface area contributed by atoms with Crippen LogP contribution in [0.2, 0.25) is 0 Å². The molecule has 1 aromatic heterocycles. The van der Waals surface area contributed by atoms with E-state index in [2.05, 4.69) is 4.98 Å². The Morgan fingerprint density at radius 1 is 1.12 bits per heavy atom. The Hall–Kier alpha value is -0.830. The highest BCUT2D eigenvalue weighted by Gasteiger charge is 2.49. The van der Waals surface area contributed by atoms with E-state index in [0.29, 0.717) is 18.4 Å². The first-order chi connectivity index (χ1) is 8.33. The van der Waals surface area contributed by atoms with Crippen molar-refractivity contribution < 1.29 is 4.42 Å². The molecule has 4 bridgehead atoms. The van der Waals surface area contributed by atoms with Crippen molar-refractivity contribution >= 4 is 0 Å². The molecule has 2 N–H and O–H groups in total. The van der Waals surface area contributed by atoms with Crippen LogP contribution in [0.5, 0.6) is 0 Å². The summed E-state index contributed by atoms with van der Waals surface area (Å²) in [5.74, 6) is 6.25. The summed E-state index contributed by atoms with van der Waals surface area (Å²) >= 11 is 0. The summed E-state index contributed by atoms with van der Waals surface area (Å²) in [7, 11) is 0. The molecule has 1 aromatic rings. The van der Waals surface area contributed by atoms with E-state index in [1.54, 1.807) is 0 Å². The predicted molar refractivity (Wildman–Crippen MR) is 64.2 cm³/mol. The van der Waals surface area contributed by atoms with Crippen LogP contribution < -0.4 is 5.73 Å². The molecular weight excluding hydrogens is 212 g/mol. The Kier molecular flexibility index (Phi) is 2.13. The molecule has 0 amide bonds. The zero-order valence-corrected chi connectivity index (χ0v) is 10.1. The smallest absolute Gasteiger partial charge is 0.208 e. The number of aromatic nitrogens is 1. The van der Waals surface area contributed by atoms with Crippen molar-refractivity contribution in [3.8, 4) is 0 Å². The Bertz CT molecular complexity index is 398. The third-order valence-electron chi connectivity index (χ3n) is 5.30. The molecule has 4 fully saturated rings. The van der Waals surface area contributed by atoms with E-state index >= 15 is 0 Å². The summed E-state index contributed by atoms with van der Waals surface area (Å²) in [4.78, 5) is 4.28. The van der Waals surface area contributed by atoms with Gasteiger partial charge < -0.3 is 10.2 Å². The Labute approximate surface area is 102 Å². The molecule has 0 spiro atoms. The SMILES string of the molecule is NCc1ncc(C2C3CC4CC(C3)CC2C4)o1. The van der Waals surface area contributed by atoms with Gasteiger partial charge in [-0.2, -0.15) is 0 Å². The van der Waals surface area contributed by atoms with Crippen LogP contribution in [0, 0.1) is 23.7 Å². The molecule has 92 valence electrons. The summed E-state index contributed by atoms with van der Waals surface area (Å²) in [5, 5.41) is 0. The molecule has 0 aromatic carbocycles. The maximum absolute atomic E-state index is 5.82. The average Bonchev–Trinajstić information content (AvgIpc) is 2.76. The van der Waals surface area contributed by atoms with Crippen LogP contribution in [-0.4, -0.2) is 4.98 Å². The predicted octanol–water partition coefficient (Wildman–Crippen LogP) is 2.67. The molecule has 1 heterocycles. The van der Waals surface area contributed by atoms with E-state index in [1.807, 2.05) is 6.20 Å². The van der Waals surface area contributed by atoms with Gasteiger partial charge in [-0.1, -0.05) is 0 Å². The summed E-state index contributed by atoms with van der Waals surface area (Å²) in [6.45, 7) is 0.424. The highest BCUT2D eigenvalue weighted by atomic mass is 16.4. The van der Waals surface area contributed by atoms with Gasteiger partial charge in [0.1, 0.15) is 5.76 Å². The molecule has 3 nitrogen and oxygen atoms in total. The van der Waals surface area contributed by atoms with Gasteiger partial charge in [0, 0.05) is 5.92 Å². The van der Waals surface area contributed by atoms with Gasteiger partial charge in [-0.3, -0.25) is 0 Å². The Balaban J connectivity index is 1.65. The maximum atomic E-state index is 5.82. The minimum atomic E-state index is 0.424. The minimum Gasteiger partial charge on any atom is -0.444 e. The number of nitrogens with two attached hydrogens (primary N) is 1. The monoisotopic (exact) mass is 232 g/mol. The second kappa shape index (κ2) is 3.58.